The Bertz CT molecular complexity index is 1180. The molecule has 37 heavy (non-hydrogen) atoms. The molecule has 204 valence electrons. The Labute approximate surface area is 229 Å². The predicted octanol–water partition coefficient (Wildman–Crippen LogP) is 4.88. The van der Waals surface area contributed by atoms with Crippen molar-refractivity contribution in [2.75, 3.05) is 30.8 Å². The Morgan fingerprint density at radius 1 is 1.11 bits per heavy atom. The van der Waals surface area contributed by atoms with E-state index < -0.39 is 16.1 Å². The third-order valence-electron chi connectivity index (χ3n) is 5.78. The second-order valence-corrected chi connectivity index (χ2v) is 11.4. The molecular weight excluding hydrogens is 537 g/mol. The van der Waals surface area contributed by atoms with Gasteiger partial charge in [-0.05, 0) is 49.1 Å². The lowest BCUT2D eigenvalue weighted by molar-refractivity contribution is -0.141. The zero-order valence-electron chi connectivity index (χ0n) is 21.7. The van der Waals surface area contributed by atoms with Gasteiger partial charge in [0, 0.05) is 42.2 Å². The van der Waals surface area contributed by atoms with E-state index in [4.69, 9.17) is 27.9 Å². The van der Waals surface area contributed by atoms with Crippen molar-refractivity contribution in [2.24, 2.45) is 0 Å². The molecule has 2 aromatic carbocycles. The van der Waals surface area contributed by atoms with Gasteiger partial charge in [0.15, 0.2) is 0 Å². The molecule has 0 saturated heterocycles. The lowest BCUT2D eigenvalue weighted by Crippen LogP contribution is -2.49. The van der Waals surface area contributed by atoms with Crippen LogP contribution in [0.2, 0.25) is 10.0 Å². The standard InChI is InChI=1S/C26H35Cl2N3O5S/c1-5-14-29-26(33)24(6-2)30(18-19-12-13-20(27)16-23(19)28)25(32)11-8-15-31(37(4,34)35)21-9-7-10-22(17-21)36-3/h7,9-10,12-13,16-17,24H,5-6,8,11,14-15,18H2,1-4H3,(H,29,33)/t24-/m1/s1. The van der Waals surface area contributed by atoms with Gasteiger partial charge >= 0.3 is 0 Å². The van der Waals surface area contributed by atoms with Crippen LogP contribution in [0.15, 0.2) is 42.5 Å². The average Bonchev–Trinajstić information content (AvgIpc) is 2.85. The fourth-order valence-electron chi connectivity index (χ4n) is 3.89. The van der Waals surface area contributed by atoms with E-state index in [9.17, 15) is 18.0 Å². The van der Waals surface area contributed by atoms with Gasteiger partial charge in [0.1, 0.15) is 11.8 Å². The molecule has 1 atom stereocenters. The minimum atomic E-state index is -3.61. The van der Waals surface area contributed by atoms with Gasteiger partial charge in [-0.2, -0.15) is 0 Å². The number of nitrogens with one attached hydrogen (secondary N) is 1. The molecule has 2 amide bonds. The largest absolute Gasteiger partial charge is 0.497 e. The zero-order valence-corrected chi connectivity index (χ0v) is 24.0. The second kappa shape index (κ2) is 14.4. The first-order chi connectivity index (χ1) is 17.5. The Balaban J connectivity index is 2.25. The highest BCUT2D eigenvalue weighted by atomic mass is 35.5. The number of amides is 2. The third kappa shape index (κ3) is 9.09. The molecule has 8 nitrogen and oxygen atoms in total. The number of halogens is 2. The number of sulfonamides is 1. The van der Waals surface area contributed by atoms with E-state index in [1.165, 1.54) is 16.3 Å². The number of ether oxygens (including phenoxy) is 1. The Morgan fingerprint density at radius 3 is 2.43 bits per heavy atom. The van der Waals surface area contributed by atoms with Crippen LogP contribution in [0.5, 0.6) is 5.75 Å². The fourth-order valence-corrected chi connectivity index (χ4v) is 5.31. The lowest BCUT2D eigenvalue weighted by atomic mass is 10.1. The van der Waals surface area contributed by atoms with E-state index in [0.717, 1.165) is 12.7 Å². The van der Waals surface area contributed by atoms with Crippen molar-refractivity contribution >= 4 is 50.7 Å². The number of hydrogen-bond acceptors (Lipinski definition) is 5. The first-order valence-corrected chi connectivity index (χ1v) is 14.7. The number of methoxy groups -OCH3 is 1. The molecule has 0 unspecified atom stereocenters. The second-order valence-electron chi connectivity index (χ2n) is 8.61. The van der Waals surface area contributed by atoms with Crippen molar-refractivity contribution < 1.29 is 22.7 Å². The first kappa shape index (κ1) is 30.7. The normalized spacial score (nSPS) is 12.1. The summed E-state index contributed by atoms with van der Waals surface area (Å²) in [6.45, 7) is 4.51. The summed E-state index contributed by atoms with van der Waals surface area (Å²) in [4.78, 5) is 27.9. The molecular formula is C26H35Cl2N3O5S. The van der Waals surface area contributed by atoms with Gasteiger partial charge in [0.25, 0.3) is 0 Å². The molecule has 0 aromatic heterocycles. The van der Waals surface area contributed by atoms with Crippen LogP contribution in [0.3, 0.4) is 0 Å². The highest BCUT2D eigenvalue weighted by Crippen LogP contribution is 2.26. The number of benzene rings is 2. The predicted molar refractivity (Wildman–Crippen MR) is 149 cm³/mol. The van der Waals surface area contributed by atoms with Crippen LogP contribution < -0.4 is 14.4 Å². The summed E-state index contributed by atoms with van der Waals surface area (Å²) in [6, 6.07) is 11.0. The van der Waals surface area contributed by atoms with Crippen molar-refractivity contribution in [3.8, 4) is 5.75 Å². The summed E-state index contributed by atoms with van der Waals surface area (Å²) in [5.74, 6) is 0.0117. The highest BCUT2D eigenvalue weighted by molar-refractivity contribution is 7.92. The SMILES string of the molecule is CCCNC(=O)[C@@H](CC)N(Cc1ccc(Cl)cc1Cl)C(=O)CCCN(c1cccc(OC)c1)S(C)(=O)=O. The van der Waals surface area contributed by atoms with E-state index in [2.05, 4.69) is 5.32 Å². The monoisotopic (exact) mass is 571 g/mol. The maximum Gasteiger partial charge on any atom is 0.242 e. The van der Waals surface area contributed by atoms with Crippen LogP contribution in [0.25, 0.3) is 0 Å². The Hall–Kier alpha value is -2.49. The molecule has 0 radical (unpaired) electrons. The van der Waals surface area contributed by atoms with Gasteiger partial charge in [-0.25, -0.2) is 8.42 Å². The fraction of sp³-hybridized carbons (Fsp3) is 0.462. The van der Waals surface area contributed by atoms with E-state index in [1.54, 1.807) is 42.5 Å². The number of anilines is 1. The Morgan fingerprint density at radius 2 is 1.84 bits per heavy atom. The topological polar surface area (TPSA) is 96.0 Å². The van der Waals surface area contributed by atoms with E-state index >= 15 is 0 Å². The summed E-state index contributed by atoms with van der Waals surface area (Å²) < 4.78 is 31.5. The first-order valence-electron chi connectivity index (χ1n) is 12.1. The van der Waals surface area contributed by atoms with Crippen LogP contribution in [0.4, 0.5) is 5.69 Å². The maximum atomic E-state index is 13.5. The van der Waals surface area contributed by atoms with Gasteiger partial charge in [-0.15, -0.1) is 0 Å². The average molecular weight is 573 g/mol. The number of carbonyl (C=O) groups is 2. The number of carbonyl (C=O) groups excluding carboxylic acids is 2. The molecule has 0 saturated carbocycles. The van der Waals surface area contributed by atoms with Gasteiger partial charge in [0.05, 0.1) is 19.1 Å². The maximum absolute atomic E-state index is 13.5. The van der Waals surface area contributed by atoms with Crippen LogP contribution in [-0.2, 0) is 26.2 Å². The minimum absolute atomic E-state index is 0.0404. The highest BCUT2D eigenvalue weighted by Gasteiger charge is 2.29. The van der Waals surface area contributed by atoms with Crippen molar-refractivity contribution in [3.05, 3.63) is 58.1 Å². The molecule has 11 heteroatoms. The van der Waals surface area contributed by atoms with Crippen molar-refractivity contribution in [1.82, 2.24) is 10.2 Å². The number of hydrogen-bond donors (Lipinski definition) is 1. The molecule has 0 fully saturated rings. The van der Waals surface area contributed by atoms with Crippen molar-refractivity contribution in [2.45, 2.75) is 52.1 Å². The molecule has 0 heterocycles. The lowest BCUT2D eigenvalue weighted by Gasteiger charge is -2.31. The quantitative estimate of drug-likeness (QED) is 0.348. The summed E-state index contributed by atoms with van der Waals surface area (Å²) in [6.07, 6.45) is 2.59. The molecule has 2 aromatic rings. The Kier molecular flexibility index (Phi) is 12.0. The van der Waals surface area contributed by atoms with Crippen molar-refractivity contribution in [1.29, 1.82) is 0 Å². The van der Waals surface area contributed by atoms with Crippen LogP contribution in [-0.4, -0.2) is 57.6 Å². The van der Waals surface area contributed by atoms with Gasteiger partial charge in [-0.3, -0.25) is 13.9 Å². The summed E-state index contributed by atoms with van der Waals surface area (Å²) in [7, 11) is -2.10. The van der Waals surface area contributed by atoms with E-state index in [1.807, 2.05) is 13.8 Å². The molecule has 0 aliphatic rings. The molecule has 1 N–H and O–H groups in total. The summed E-state index contributed by atoms with van der Waals surface area (Å²) in [5, 5.41) is 3.74. The van der Waals surface area contributed by atoms with Gasteiger partial charge in [-0.1, -0.05) is 49.2 Å². The van der Waals surface area contributed by atoms with Crippen LogP contribution in [0.1, 0.15) is 45.1 Å². The van der Waals surface area contributed by atoms with Gasteiger partial charge < -0.3 is 15.0 Å². The smallest absolute Gasteiger partial charge is 0.242 e. The third-order valence-corrected chi connectivity index (χ3v) is 7.57. The zero-order chi connectivity index (χ0) is 27.6. The summed E-state index contributed by atoms with van der Waals surface area (Å²) >= 11 is 12.4. The van der Waals surface area contributed by atoms with Crippen LogP contribution in [0, 0.1) is 0 Å². The van der Waals surface area contributed by atoms with Crippen molar-refractivity contribution in [3.63, 3.8) is 0 Å². The van der Waals surface area contributed by atoms with E-state index in [0.29, 0.717) is 40.0 Å². The molecule has 0 aliphatic carbocycles. The number of nitrogens with zero attached hydrogens (tertiary/aromatic N) is 2. The molecule has 0 spiro atoms. The minimum Gasteiger partial charge on any atom is -0.497 e. The van der Waals surface area contributed by atoms with Crippen LogP contribution >= 0.6 is 23.2 Å². The summed E-state index contributed by atoms with van der Waals surface area (Å²) in [5.41, 5.74) is 1.11. The molecule has 0 aliphatic heterocycles. The molecule has 0 bridgehead atoms. The number of rotatable bonds is 14. The van der Waals surface area contributed by atoms with E-state index in [-0.39, 0.29) is 37.7 Å². The van der Waals surface area contributed by atoms with Gasteiger partial charge in [0.2, 0.25) is 21.8 Å². The molecule has 2 rings (SSSR count).